The Bertz CT molecular complexity index is 1130. The number of ether oxygens (including phenoxy) is 1. The smallest absolute Gasteiger partial charge is 0.410 e. The molecule has 2 aliphatic heterocycles. The van der Waals surface area contributed by atoms with Crippen LogP contribution in [0.15, 0.2) is 35.1 Å². The van der Waals surface area contributed by atoms with E-state index in [-0.39, 0.29) is 23.9 Å². The Labute approximate surface area is 206 Å². The number of carbonyl (C=O) groups is 2. The van der Waals surface area contributed by atoms with Gasteiger partial charge < -0.3 is 14.5 Å². The molecule has 35 heavy (non-hydrogen) atoms. The quantitative estimate of drug-likeness (QED) is 0.589. The van der Waals surface area contributed by atoms with Crippen molar-refractivity contribution in [1.29, 1.82) is 0 Å². The fraction of sp³-hybridized carbons (Fsp3) is 0.556. The van der Waals surface area contributed by atoms with Gasteiger partial charge in [-0.15, -0.1) is 0 Å². The number of likely N-dealkylation sites (tertiary alicyclic amines) is 1. The molecule has 8 heteroatoms. The molecule has 0 radical (unpaired) electrons. The van der Waals surface area contributed by atoms with Gasteiger partial charge in [0.15, 0.2) is 0 Å². The molecule has 1 aromatic heterocycles. The Morgan fingerprint density at radius 2 is 1.80 bits per heavy atom. The number of para-hydroxylation sites is 1. The number of fused-ring (bicyclic) bond motifs is 1. The second kappa shape index (κ2) is 10.2. The third kappa shape index (κ3) is 5.57. The summed E-state index contributed by atoms with van der Waals surface area (Å²) in [6, 6.07) is 9.60. The van der Waals surface area contributed by atoms with Gasteiger partial charge in [0.05, 0.1) is 29.4 Å². The molecule has 2 aromatic rings. The molecule has 0 N–H and O–H groups in total. The standard InChI is InChI=1S/C27H36N4O4/c1-5-6-8-13-23-28-22-14-15-29(18-21(22)25(33)31(23)20-11-9-7-10-12-20)24(32)19-16-30(17-19)26(34)35-27(2,3)4/h7,9-12,19H,5-6,8,13-18H2,1-4H3. The maximum absolute atomic E-state index is 13.7. The number of hydrogen-bond acceptors (Lipinski definition) is 5. The highest BCUT2D eigenvalue weighted by Gasteiger charge is 2.40. The second-order valence-electron chi connectivity index (χ2n) is 10.5. The van der Waals surface area contributed by atoms with Crippen LogP contribution in [0.1, 0.15) is 64.0 Å². The molecule has 0 saturated carbocycles. The van der Waals surface area contributed by atoms with Crippen molar-refractivity contribution in [2.45, 2.75) is 71.9 Å². The molecule has 0 atom stereocenters. The molecule has 8 nitrogen and oxygen atoms in total. The molecule has 1 saturated heterocycles. The molecule has 188 valence electrons. The number of benzene rings is 1. The van der Waals surface area contributed by atoms with E-state index in [1.54, 1.807) is 14.4 Å². The van der Waals surface area contributed by atoms with Gasteiger partial charge in [0.1, 0.15) is 11.4 Å². The zero-order valence-electron chi connectivity index (χ0n) is 21.2. The molecule has 0 unspecified atom stereocenters. The lowest BCUT2D eigenvalue weighted by molar-refractivity contribution is -0.141. The van der Waals surface area contributed by atoms with Gasteiger partial charge in [0, 0.05) is 32.5 Å². The summed E-state index contributed by atoms with van der Waals surface area (Å²) < 4.78 is 7.11. The van der Waals surface area contributed by atoms with Crippen molar-refractivity contribution < 1.29 is 14.3 Å². The van der Waals surface area contributed by atoms with Gasteiger partial charge in [-0.1, -0.05) is 38.0 Å². The SMILES string of the molecule is CCCCCc1nc2c(c(=O)n1-c1ccccc1)CN(C(=O)C1CN(C(=O)OC(C)(C)C)C1)CC2. The molecule has 1 aromatic carbocycles. The van der Waals surface area contributed by atoms with Crippen molar-refractivity contribution in [1.82, 2.24) is 19.4 Å². The Kier molecular flexibility index (Phi) is 7.28. The molecule has 3 heterocycles. The van der Waals surface area contributed by atoms with Crippen molar-refractivity contribution in [2.24, 2.45) is 5.92 Å². The molecule has 2 aliphatic rings. The van der Waals surface area contributed by atoms with Crippen LogP contribution in [0, 0.1) is 5.92 Å². The number of carbonyl (C=O) groups excluding carboxylic acids is 2. The minimum Gasteiger partial charge on any atom is -0.444 e. The molecular weight excluding hydrogens is 444 g/mol. The minimum atomic E-state index is -0.566. The zero-order chi connectivity index (χ0) is 25.2. The highest BCUT2D eigenvalue weighted by atomic mass is 16.6. The van der Waals surface area contributed by atoms with Gasteiger partial charge in [-0.05, 0) is 39.3 Å². The lowest BCUT2D eigenvalue weighted by Gasteiger charge is -2.41. The van der Waals surface area contributed by atoms with E-state index in [2.05, 4.69) is 6.92 Å². The molecular formula is C27H36N4O4. The van der Waals surface area contributed by atoms with Crippen LogP contribution in [-0.2, 0) is 28.9 Å². The van der Waals surface area contributed by atoms with Crippen molar-refractivity contribution in [3.8, 4) is 5.69 Å². The monoisotopic (exact) mass is 480 g/mol. The summed E-state index contributed by atoms with van der Waals surface area (Å²) in [6.45, 7) is 9.11. The first kappa shape index (κ1) is 24.9. The van der Waals surface area contributed by atoms with E-state index < -0.39 is 11.7 Å². The first-order valence-electron chi connectivity index (χ1n) is 12.6. The van der Waals surface area contributed by atoms with E-state index in [1.807, 2.05) is 51.1 Å². The van der Waals surface area contributed by atoms with E-state index >= 15 is 0 Å². The van der Waals surface area contributed by atoms with Gasteiger partial charge in [-0.2, -0.15) is 0 Å². The fourth-order valence-corrected chi connectivity index (χ4v) is 4.63. The fourth-order valence-electron chi connectivity index (χ4n) is 4.63. The zero-order valence-corrected chi connectivity index (χ0v) is 21.2. The Hall–Kier alpha value is -3.16. The third-order valence-electron chi connectivity index (χ3n) is 6.51. The van der Waals surface area contributed by atoms with Gasteiger partial charge in [-0.3, -0.25) is 14.2 Å². The molecule has 1 fully saturated rings. The molecule has 0 aliphatic carbocycles. The second-order valence-corrected chi connectivity index (χ2v) is 10.5. The van der Waals surface area contributed by atoms with Crippen LogP contribution < -0.4 is 5.56 Å². The summed E-state index contributed by atoms with van der Waals surface area (Å²) in [4.78, 5) is 47.3. The Morgan fingerprint density at radius 3 is 2.46 bits per heavy atom. The molecule has 0 spiro atoms. The number of unbranched alkanes of at least 4 members (excludes halogenated alkanes) is 2. The van der Waals surface area contributed by atoms with Crippen molar-refractivity contribution in [2.75, 3.05) is 19.6 Å². The van der Waals surface area contributed by atoms with Crippen LogP contribution in [0.2, 0.25) is 0 Å². The topological polar surface area (TPSA) is 84.7 Å². The summed E-state index contributed by atoms with van der Waals surface area (Å²) in [5.41, 5.74) is 1.55. The minimum absolute atomic E-state index is 0.0202. The number of aryl methyl sites for hydroxylation is 1. The van der Waals surface area contributed by atoms with Crippen LogP contribution in [-0.4, -0.2) is 56.6 Å². The van der Waals surface area contributed by atoms with Gasteiger partial charge in [0.2, 0.25) is 5.91 Å². The van der Waals surface area contributed by atoms with E-state index in [0.29, 0.717) is 31.6 Å². The average molecular weight is 481 g/mol. The van der Waals surface area contributed by atoms with Crippen molar-refractivity contribution in [3.05, 3.63) is 57.8 Å². The number of nitrogens with zero attached hydrogens (tertiary/aromatic N) is 4. The predicted molar refractivity (Wildman–Crippen MR) is 133 cm³/mol. The summed E-state index contributed by atoms with van der Waals surface area (Å²) in [7, 11) is 0. The summed E-state index contributed by atoms with van der Waals surface area (Å²) in [6.07, 6.45) is 4.09. The third-order valence-corrected chi connectivity index (χ3v) is 6.51. The number of amides is 2. The molecule has 2 amide bonds. The summed E-state index contributed by atoms with van der Waals surface area (Å²) in [5, 5.41) is 0. The van der Waals surface area contributed by atoms with E-state index in [4.69, 9.17) is 9.72 Å². The van der Waals surface area contributed by atoms with Gasteiger partial charge in [-0.25, -0.2) is 9.78 Å². The van der Waals surface area contributed by atoms with Gasteiger partial charge >= 0.3 is 6.09 Å². The maximum Gasteiger partial charge on any atom is 0.410 e. The van der Waals surface area contributed by atoms with E-state index in [9.17, 15) is 14.4 Å². The lowest BCUT2D eigenvalue weighted by Crippen LogP contribution is -2.58. The van der Waals surface area contributed by atoms with Crippen molar-refractivity contribution >= 4 is 12.0 Å². The highest BCUT2D eigenvalue weighted by Crippen LogP contribution is 2.25. The normalized spacial score (nSPS) is 16.0. The van der Waals surface area contributed by atoms with Crippen LogP contribution in [0.3, 0.4) is 0 Å². The number of hydrogen-bond donors (Lipinski definition) is 0. The highest BCUT2D eigenvalue weighted by molar-refractivity contribution is 5.83. The van der Waals surface area contributed by atoms with Crippen LogP contribution in [0.4, 0.5) is 4.79 Å². The summed E-state index contributed by atoms with van der Waals surface area (Å²) in [5.74, 6) is 0.509. The number of rotatable bonds is 6. The van der Waals surface area contributed by atoms with Crippen molar-refractivity contribution in [3.63, 3.8) is 0 Å². The largest absolute Gasteiger partial charge is 0.444 e. The molecule has 0 bridgehead atoms. The summed E-state index contributed by atoms with van der Waals surface area (Å²) >= 11 is 0. The van der Waals surface area contributed by atoms with E-state index in [1.165, 1.54) is 0 Å². The maximum atomic E-state index is 13.7. The van der Waals surface area contributed by atoms with Crippen LogP contribution >= 0.6 is 0 Å². The van der Waals surface area contributed by atoms with E-state index in [0.717, 1.165) is 42.9 Å². The van der Waals surface area contributed by atoms with Crippen LogP contribution in [0.5, 0.6) is 0 Å². The molecule has 4 rings (SSSR count). The Morgan fingerprint density at radius 1 is 1.09 bits per heavy atom. The predicted octanol–water partition coefficient (Wildman–Crippen LogP) is 3.72. The first-order chi connectivity index (χ1) is 16.7. The van der Waals surface area contributed by atoms with Crippen LogP contribution in [0.25, 0.3) is 5.69 Å². The lowest BCUT2D eigenvalue weighted by atomic mass is 9.97. The average Bonchev–Trinajstić information content (AvgIpc) is 2.77. The first-order valence-corrected chi connectivity index (χ1v) is 12.6. The van der Waals surface area contributed by atoms with Gasteiger partial charge in [0.25, 0.3) is 5.56 Å². The number of aromatic nitrogens is 2. The Balaban J connectivity index is 1.51.